The van der Waals surface area contributed by atoms with E-state index < -0.39 is 0 Å². The Labute approximate surface area is 130 Å². The van der Waals surface area contributed by atoms with Crippen LogP contribution in [0, 0.1) is 17.2 Å². The number of benzene rings is 1. The van der Waals surface area contributed by atoms with Crippen LogP contribution >= 0.6 is 15.9 Å². The van der Waals surface area contributed by atoms with Crippen molar-refractivity contribution in [2.24, 2.45) is 17.1 Å². The van der Waals surface area contributed by atoms with E-state index in [4.69, 9.17) is 5.73 Å². The summed E-state index contributed by atoms with van der Waals surface area (Å²) in [4.78, 5) is 0. The lowest BCUT2D eigenvalue weighted by Crippen LogP contribution is -2.46. The van der Waals surface area contributed by atoms with E-state index in [1.165, 1.54) is 18.9 Å². The molecule has 0 bridgehead atoms. The molecular formula is C17H25BrFN. The second kappa shape index (κ2) is 5.76. The van der Waals surface area contributed by atoms with Crippen LogP contribution in [0.15, 0.2) is 22.7 Å². The fraction of sp³-hybridized carbons (Fsp3) is 0.647. The lowest BCUT2D eigenvalue weighted by Gasteiger charge is -2.42. The smallest absolute Gasteiger partial charge is 0.137 e. The minimum Gasteiger partial charge on any atom is -0.325 e. The maximum Gasteiger partial charge on any atom is 0.137 e. The Morgan fingerprint density at radius 3 is 2.45 bits per heavy atom. The summed E-state index contributed by atoms with van der Waals surface area (Å²) < 4.78 is 14.2. The fourth-order valence-corrected chi connectivity index (χ4v) is 3.70. The van der Waals surface area contributed by atoms with Crippen molar-refractivity contribution in [3.05, 3.63) is 34.1 Å². The van der Waals surface area contributed by atoms with Crippen LogP contribution in [-0.2, 0) is 6.42 Å². The van der Waals surface area contributed by atoms with Crippen LogP contribution in [0.5, 0.6) is 0 Å². The number of nitrogens with two attached hydrogens (primary N) is 1. The van der Waals surface area contributed by atoms with E-state index in [9.17, 15) is 4.39 Å². The Bertz CT molecular complexity index is 470. The predicted molar refractivity (Wildman–Crippen MR) is 86.1 cm³/mol. The minimum absolute atomic E-state index is 0.182. The second-order valence-corrected chi connectivity index (χ2v) is 8.19. The molecule has 0 aromatic heterocycles. The van der Waals surface area contributed by atoms with Gasteiger partial charge < -0.3 is 5.73 Å². The molecule has 2 N–H and O–H groups in total. The van der Waals surface area contributed by atoms with Gasteiger partial charge in [0.25, 0.3) is 0 Å². The Hall–Kier alpha value is -0.410. The van der Waals surface area contributed by atoms with Gasteiger partial charge >= 0.3 is 0 Å². The van der Waals surface area contributed by atoms with Crippen molar-refractivity contribution in [2.75, 3.05) is 0 Å². The quantitative estimate of drug-likeness (QED) is 0.798. The van der Waals surface area contributed by atoms with Crippen molar-refractivity contribution in [1.82, 2.24) is 0 Å². The third-order valence-electron chi connectivity index (χ3n) is 4.78. The molecule has 20 heavy (non-hydrogen) atoms. The molecule has 1 aliphatic rings. The van der Waals surface area contributed by atoms with Gasteiger partial charge in [0.2, 0.25) is 0 Å². The Morgan fingerprint density at radius 1 is 1.30 bits per heavy atom. The standard InChI is InChI=1S/C17H25BrFN/c1-16(2,3)13-7-9-17(20,10-8-13)11-12-5-4-6-14(19)15(12)18/h4-6,13H,7-11,20H2,1-3H3. The zero-order valence-electron chi connectivity index (χ0n) is 12.7. The van der Waals surface area contributed by atoms with Crippen LogP contribution in [0.1, 0.15) is 52.0 Å². The van der Waals surface area contributed by atoms with Gasteiger partial charge in [-0.15, -0.1) is 0 Å². The summed E-state index contributed by atoms with van der Waals surface area (Å²) in [6, 6.07) is 5.21. The van der Waals surface area contributed by atoms with Crippen molar-refractivity contribution < 1.29 is 4.39 Å². The molecule has 112 valence electrons. The average molecular weight is 342 g/mol. The van der Waals surface area contributed by atoms with E-state index in [2.05, 4.69) is 36.7 Å². The molecule has 2 rings (SSSR count). The van der Waals surface area contributed by atoms with Gasteiger partial charge in [0, 0.05) is 5.54 Å². The van der Waals surface area contributed by atoms with Gasteiger partial charge in [0.05, 0.1) is 4.47 Å². The number of hydrogen-bond donors (Lipinski definition) is 1. The van der Waals surface area contributed by atoms with Crippen LogP contribution < -0.4 is 5.73 Å². The zero-order chi connectivity index (χ0) is 15.0. The Balaban J connectivity index is 2.05. The van der Waals surface area contributed by atoms with Gasteiger partial charge in [-0.3, -0.25) is 0 Å². The normalized spacial score (nSPS) is 27.6. The van der Waals surface area contributed by atoms with E-state index in [1.54, 1.807) is 6.07 Å². The highest BCUT2D eigenvalue weighted by atomic mass is 79.9. The van der Waals surface area contributed by atoms with E-state index >= 15 is 0 Å². The van der Waals surface area contributed by atoms with Crippen LogP contribution in [0.25, 0.3) is 0 Å². The highest BCUT2D eigenvalue weighted by molar-refractivity contribution is 9.10. The fourth-order valence-electron chi connectivity index (χ4n) is 3.30. The molecule has 1 aliphatic carbocycles. The summed E-state index contributed by atoms with van der Waals surface area (Å²) in [5.74, 6) is 0.546. The maximum atomic E-state index is 13.6. The molecular weight excluding hydrogens is 317 g/mol. The Morgan fingerprint density at radius 2 is 1.90 bits per heavy atom. The van der Waals surface area contributed by atoms with Gasteiger partial charge in [-0.1, -0.05) is 32.9 Å². The van der Waals surface area contributed by atoms with Crippen LogP contribution in [-0.4, -0.2) is 5.54 Å². The number of hydrogen-bond acceptors (Lipinski definition) is 1. The van der Waals surface area contributed by atoms with E-state index in [0.717, 1.165) is 30.7 Å². The largest absolute Gasteiger partial charge is 0.325 e. The van der Waals surface area contributed by atoms with Crippen molar-refractivity contribution in [3.63, 3.8) is 0 Å². The van der Waals surface area contributed by atoms with Crippen molar-refractivity contribution in [2.45, 2.75) is 58.4 Å². The molecule has 0 atom stereocenters. The first-order chi connectivity index (χ1) is 9.21. The number of rotatable bonds is 2. The van der Waals surface area contributed by atoms with E-state index in [0.29, 0.717) is 9.89 Å². The highest BCUT2D eigenvalue weighted by Gasteiger charge is 2.36. The summed E-state index contributed by atoms with van der Waals surface area (Å²) in [7, 11) is 0. The van der Waals surface area contributed by atoms with Gasteiger partial charge in [-0.2, -0.15) is 0 Å². The molecule has 0 amide bonds. The summed E-state index contributed by atoms with van der Waals surface area (Å²) in [5, 5.41) is 0. The van der Waals surface area contributed by atoms with Gasteiger partial charge in [0.1, 0.15) is 5.82 Å². The lowest BCUT2D eigenvalue weighted by atomic mass is 9.66. The van der Waals surface area contributed by atoms with Crippen LogP contribution in [0.4, 0.5) is 4.39 Å². The van der Waals surface area contributed by atoms with Gasteiger partial charge in [-0.25, -0.2) is 4.39 Å². The molecule has 1 nitrogen and oxygen atoms in total. The van der Waals surface area contributed by atoms with Crippen molar-refractivity contribution in [1.29, 1.82) is 0 Å². The molecule has 0 saturated heterocycles. The molecule has 0 aliphatic heterocycles. The Kier molecular flexibility index (Phi) is 4.60. The summed E-state index contributed by atoms with van der Waals surface area (Å²) in [5.41, 5.74) is 7.74. The molecule has 1 aromatic rings. The monoisotopic (exact) mass is 341 g/mol. The lowest BCUT2D eigenvalue weighted by molar-refractivity contribution is 0.134. The SMILES string of the molecule is CC(C)(C)C1CCC(N)(Cc2cccc(F)c2Br)CC1. The van der Waals surface area contributed by atoms with Crippen molar-refractivity contribution >= 4 is 15.9 Å². The highest BCUT2D eigenvalue weighted by Crippen LogP contribution is 2.42. The molecule has 0 spiro atoms. The third-order valence-corrected chi connectivity index (χ3v) is 5.67. The summed E-state index contributed by atoms with van der Waals surface area (Å²) >= 11 is 3.34. The molecule has 0 radical (unpaired) electrons. The van der Waals surface area contributed by atoms with Crippen LogP contribution in [0.3, 0.4) is 0 Å². The first-order valence-electron chi connectivity index (χ1n) is 7.43. The van der Waals surface area contributed by atoms with E-state index in [1.807, 2.05) is 6.07 Å². The minimum atomic E-state index is -0.200. The first kappa shape index (κ1) is 16.0. The topological polar surface area (TPSA) is 26.0 Å². The molecule has 0 unspecified atom stereocenters. The molecule has 0 heterocycles. The maximum absolute atomic E-state index is 13.6. The summed E-state index contributed by atoms with van der Waals surface area (Å²) in [6.07, 6.45) is 5.15. The average Bonchev–Trinajstić information content (AvgIpc) is 2.34. The number of halogens is 2. The molecule has 1 fully saturated rings. The second-order valence-electron chi connectivity index (χ2n) is 7.39. The zero-order valence-corrected chi connectivity index (χ0v) is 14.3. The molecule has 1 saturated carbocycles. The van der Waals surface area contributed by atoms with Crippen LogP contribution in [0.2, 0.25) is 0 Å². The van der Waals surface area contributed by atoms with Gasteiger partial charge in [-0.05, 0) is 71.0 Å². The first-order valence-corrected chi connectivity index (χ1v) is 8.22. The van der Waals surface area contributed by atoms with Gasteiger partial charge in [0.15, 0.2) is 0 Å². The molecule has 1 aromatic carbocycles. The van der Waals surface area contributed by atoms with Crippen molar-refractivity contribution in [3.8, 4) is 0 Å². The van der Waals surface area contributed by atoms with E-state index in [-0.39, 0.29) is 11.4 Å². The summed E-state index contributed by atoms with van der Waals surface area (Å²) in [6.45, 7) is 6.93. The molecule has 3 heteroatoms. The third kappa shape index (κ3) is 3.62. The predicted octanol–water partition coefficient (Wildman–Crippen LogP) is 5.06.